The third kappa shape index (κ3) is 2.92. The second kappa shape index (κ2) is 5.45. The van der Waals surface area contributed by atoms with Gasteiger partial charge in [0.1, 0.15) is 11.5 Å². The number of benzene rings is 1. The SMILES string of the molecule is CCC(=O)CC(=O)c1cc(C)ccc1OC. The van der Waals surface area contributed by atoms with E-state index in [1.807, 2.05) is 13.0 Å². The standard InChI is InChI=1S/C13H16O3/c1-4-10(14)8-12(15)11-7-9(2)5-6-13(11)16-3/h5-7H,4,8H2,1-3H3. The number of hydrogen-bond donors (Lipinski definition) is 0. The average molecular weight is 220 g/mol. The van der Waals surface area contributed by atoms with Crippen LogP contribution >= 0.6 is 0 Å². The van der Waals surface area contributed by atoms with Gasteiger partial charge in [0.15, 0.2) is 5.78 Å². The first-order valence-electron chi connectivity index (χ1n) is 5.28. The van der Waals surface area contributed by atoms with Gasteiger partial charge in [-0.3, -0.25) is 9.59 Å². The highest BCUT2D eigenvalue weighted by molar-refractivity contribution is 6.09. The Bertz CT molecular complexity index is 408. The first-order valence-corrected chi connectivity index (χ1v) is 5.28. The molecule has 0 aliphatic rings. The number of carbonyl (C=O) groups excluding carboxylic acids is 2. The highest BCUT2D eigenvalue weighted by Gasteiger charge is 2.15. The van der Waals surface area contributed by atoms with Crippen molar-refractivity contribution < 1.29 is 14.3 Å². The van der Waals surface area contributed by atoms with E-state index in [0.717, 1.165) is 5.56 Å². The van der Waals surface area contributed by atoms with Gasteiger partial charge in [0.25, 0.3) is 0 Å². The van der Waals surface area contributed by atoms with Crippen LogP contribution < -0.4 is 4.74 Å². The minimum absolute atomic E-state index is 0.0453. The summed E-state index contributed by atoms with van der Waals surface area (Å²) in [6, 6.07) is 5.38. The van der Waals surface area contributed by atoms with Gasteiger partial charge < -0.3 is 4.74 Å². The molecule has 0 bridgehead atoms. The Hall–Kier alpha value is -1.64. The molecule has 0 saturated heterocycles. The smallest absolute Gasteiger partial charge is 0.173 e. The molecule has 3 heteroatoms. The zero-order valence-electron chi connectivity index (χ0n) is 9.87. The number of Topliss-reactive ketones (excluding diaryl/α,β-unsaturated/α-hetero) is 2. The molecule has 0 fully saturated rings. The van der Waals surface area contributed by atoms with Crippen molar-refractivity contribution in [1.82, 2.24) is 0 Å². The molecule has 0 aliphatic heterocycles. The molecule has 86 valence electrons. The number of methoxy groups -OCH3 is 1. The molecule has 0 spiro atoms. The van der Waals surface area contributed by atoms with Crippen molar-refractivity contribution in [1.29, 1.82) is 0 Å². The van der Waals surface area contributed by atoms with Crippen LogP contribution in [0.5, 0.6) is 5.75 Å². The maximum atomic E-state index is 11.8. The Morgan fingerprint density at radius 2 is 2.00 bits per heavy atom. The van der Waals surface area contributed by atoms with Gasteiger partial charge in [0.2, 0.25) is 0 Å². The summed E-state index contributed by atoms with van der Waals surface area (Å²) < 4.78 is 5.10. The number of hydrogen-bond acceptors (Lipinski definition) is 3. The van der Waals surface area contributed by atoms with Crippen LogP contribution in [0.2, 0.25) is 0 Å². The number of aryl methyl sites for hydroxylation is 1. The Morgan fingerprint density at radius 3 is 2.56 bits per heavy atom. The van der Waals surface area contributed by atoms with Crippen LogP contribution in [0.1, 0.15) is 35.7 Å². The molecule has 0 amide bonds. The van der Waals surface area contributed by atoms with Gasteiger partial charge in [0, 0.05) is 6.42 Å². The first kappa shape index (κ1) is 12.4. The molecule has 1 aromatic rings. The second-order valence-corrected chi connectivity index (χ2v) is 3.70. The van der Waals surface area contributed by atoms with E-state index >= 15 is 0 Å². The zero-order valence-corrected chi connectivity index (χ0v) is 9.87. The van der Waals surface area contributed by atoms with Gasteiger partial charge in [0.05, 0.1) is 19.1 Å². The lowest BCUT2D eigenvalue weighted by molar-refractivity contribution is -0.117. The van der Waals surface area contributed by atoms with Crippen LogP contribution in [0.4, 0.5) is 0 Å². The summed E-state index contributed by atoms with van der Waals surface area (Å²) in [6.45, 7) is 3.65. The van der Waals surface area contributed by atoms with E-state index in [1.54, 1.807) is 19.1 Å². The third-order valence-electron chi connectivity index (χ3n) is 2.41. The van der Waals surface area contributed by atoms with Crippen LogP contribution in [0, 0.1) is 6.92 Å². The van der Waals surface area contributed by atoms with E-state index in [4.69, 9.17) is 4.74 Å². The number of rotatable bonds is 5. The molecule has 0 N–H and O–H groups in total. The van der Waals surface area contributed by atoms with E-state index in [-0.39, 0.29) is 18.0 Å². The van der Waals surface area contributed by atoms with Crippen molar-refractivity contribution in [2.75, 3.05) is 7.11 Å². The predicted molar refractivity (Wildman–Crippen MR) is 62.0 cm³/mol. The van der Waals surface area contributed by atoms with Crippen LogP contribution in [-0.2, 0) is 4.79 Å². The van der Waals surface area contributed by atoms with Crippen molar-refractivity contribution >= 4 is 11.6 Å². The summed E-state index contributed by atoms with van der Waals surface area (Å²) in [7, 11) is 1.52. The van der Waals surface area contributed by atoms with Gasteiger partial charge in [-0.2, -0.15) is 0 Å². The lowest BCUT2D eigenvalue weighted by atomic mass is 10.0. The summed E-state index contributed by atoms with van der Waals surface area (Å²) in [5.41, 5.74) is 1.47. The summed E-state index contributed by atoms with van der Waals surface area (Å²) in [5, 5.41) is 0. The van der Waals surface area contributed by atoms with Crippen molar-refractivity contribution in [2.24, 2.45) is 0 Å². The third-order valence-corrected chi connectivity index (χ3v) is 2.41. The predicted octanol–water partition coefficient (Wildman–Crippen LogP) is 2.56. The van der Waals surface area contributed by atoms with Crippen LogP contribution in [0.25, 0.3) is 0 Å². The summed E-state index contributed by atoms with van der Waals surface area (Å²) in [5.74, 6) is 0.306. The maximum absolute atomic E-state index is 11.8. The second-order valence-electron chi connectivity index (χ2n) is 3.70. The van der Waals surface area contributed by atoms with E-state index < -0.39 is 0 Å². The number of ketones is 2. The molecule has 0 radical (unpaired) electrons. The monoisotopic (exact) mass is 220 g/mol. The van der Waals surface area contributed by atoms with E-state index in [2.05, 4.69) is 0 Å². The number of ether oxygens (including phenoxy) is 1. The fraction of sp³-hybridized carbons (Fsp3) is 0.385. The Kier molecular flexibility index (Phi) is 4.23. The molecule has 0 saturated carbocycles. The van der Waals surface area contributed by atoms with Gasteiger partial charge >= 0.3 is 0 Å². The zero-order chi connectivity index (χ0) is 12.1. The molecule has 0 aromatic heterocycles. The first-order chi connectivity index (χ1) is 7.58. The maximum Gasteiger partial charge on any atom is 0.173 e. The molecule has 16 heavy (non-hydrogen) atoms. The van der Waals surface area contributed by atoms with Crippen molar-refractivity contribution in [3.05, 3.63) is 29.3 Å². The molecular formula is C13H16O3. The molecule has 0 heterocycles. The summed E-state index contributed by atoms with van der Waals surface area (Å²) in [6.07, 6.45) is 0.343. The van der Waals surface area contributed by atoms with E-state index in [9.17, 15) is 9.59 Å². The minimum Gasteiger partial charge on any atom is -0.496 e. The average Bonchev–Trinajstić information content (AvgIpc) is 2.28. The minimum atomic E-state index is -0.174. The molecule has 1 aromatic carbocycles. The highest BCUT2D eigenvalue weighted by Crippen LogP contribution is 2.21. The lowest BCUT2D eigenvalue weighted by Gasteiger charge is -2.07. The molecule has 1 rings (SSSR count). The normalized spacial score (nSPS) is 9.94. The fourth-order valence-electron chi connectivity index (χ4n) is 1.44. The lowest BCUT2D eigenvalue weighted by Crippen LogP contribution is -2.08. The topological polar surface area (TPSA) is 43.4 Å². The number of carbonyl (C=O) groups is 2. The van der Waals surface area contributed by atoms with Crippen molar-refractivity contribution in [2.45, 2.75) is 26.7 Å². The van der Waals surface area contributed by atoms with Crippen molar-refractivity contribution in [3.63, 3.8) is 0 Å². The molecular weight excluding hydrogens is 204 g/mol. The summed E-state index contributed by atoms with van der Waals surface area (Å²) >= 11 is 0. The molecule has 0 atom stereocenters. The van der Waals surface area contributed by atoms with Crippen molar-refractivity contribution in [3.8, 4) is 5.75 Å². The van der Waals surface area contributed by atoms with Gasteiger partial charge in [-0.15, -0.1) is 0 Å². The van der Waals surface area contributed by atoms with E-state index in [0.29, 0.717) is 17.7 Å². The van der Waals surface area contributed by atoms with E-state index in [1.165, 1.54) is 7.11 Å². The van der Waals surface area contributed by atoms with Gasteiger partial charge in [-0.1, -0.05) is 18.6 Å². The summed E-state index contributed by atoms with van der Waals surface area (Å²) in [4.78, 5) is 23.1. The highest BCUT2D eigenvalue weighted by atomic mass is 16.5. The Balaban J connectivity index is 2.97. The largest absolute Gasteiger partial charge is 0.496 e. The Morgan fingerprint density at radius 1 is 1.31 bits per heavy atom. The van der Waals surface area contributed by atoms with Gasteiger partial charge in [-0.25, -0.2) is 0 Å². The fourth-order valence-corrected chi connectivity index (χ4v) is 1.44. The quantitative estimate of drug-likeness (QED) is 0.565. The van der Waals surface area contributed by atoms with Crippen LogP contribution in [-0.4, -0.2) is 18.7 Å². The van der Waals surface area contributed by atoms with Crippen LogP contribution in [0.3, 0.4) is 0 Å². The van der Waals surface area contributed by atoms with Gasteiger partial charge in [-0.05, 0) is 19.1 Å². The van der Waals surface area contributed by atoms with Crippen LogP contribution in [0.15, 0.2) is 18.2 Å². The molecule has 0 aliphatic carbocycles. The molecule has 0 unspecified atom stereocenters. The molecule has 3 nitrogen and oxygen atoms in total. The Labute approximate surface area is 95.4 Å².